The Balaban J connectivity index is 1.54. The van der Waals surface area contributed by atoms with E-state index in [9.17, 15) is 18.0 Å². The van der Waals surface area contributed by atoms with Gasteiger partial charge >= 0.3 is 5.97 Å². The molecular formula is C24H24N2O6S. The molecule has 0 spiro atoms. The van der Waals surface area contributed by atoms with E-state index in [0.717, 1.165) is 4.31 Å². The quantitative estimate of drug-likeness (QED) is 0.381. The summed E-state index contributed by atoms with van der Waals surface area (Å²) in [5, 5.41) is 2.73. The lowest BCUT2D eigenvalue weighted by atomic mass is 10.1. The molecule has 3 aromatic rings. The lowest BCUT2D eigenvalue weighted by Gasteiger charge is -2.13. The molecule has 8 nitrogen and oxygen atoms in total. The number of hydrogen-bond donors (Lipinski definition) is 1. The Hall–Kier alpha value is -3.69. The van der Waals surface area contributed by atoms with Gasteiger partial charge in [0.05, 0.1) is 16.1 Å². The van der Waals surface area contributed by atoms with E-state index < -0.39 is 16.0 Å². The van der Waals surface area contributed by atoms with Crippen LogP contribution in [-0.4, -0.2) is 51.9 Å². The maximum Gasteiger partial charge on any atom is 0.340 e. The second kappa shape index (κ2) is 10.8. The zero-order chi connectivity index (χ0) is 23.8. The van der Waals surface area contributed by atoms with Gasteiger partial charge in [0.25, 0.3) is 5.91 Å². The molecule has 3 aromatic carbocycles. The normalized spacial score (nSPS) is 11.1. The van der Waals surface area contributed by atoms with Crippen LogP contribution in [0.25, 0.3) is 0 Å². The molecule has 0 fully saturated rings. The fourth-order valence-corrected chi connectivity index (χ4v) is 3.75. The van der Waals surface area contributed by atoms with E-state index in [1.54, 1.807) is 48.5 Å². The van der Waals surface area contributed by atoms with Gasteiger partial charge < -0.3 is 14.8 Å². The number of para-hydroxylation sites is 1. The summed E-state index contributed by atoms with van der Waals surface area (Å²) < 4.78 is 36.1. The van der Waals surface area contributed by atoms with Gasteiger partial charge in [-0.15, -0.1) is 0 Å². The van der Waals surface area contributed by atoms with Crippen molar-refractivity contribution in [3.8, 4) is 5.75 Å². The van der Waals surface area contributed by atoms with Crippen LogP contribution in [-0.2, 0) is 14.8 Å². The predicted molar refractivity (Wildman–Crippen MR) is 124 cm³/mol. The number of rotatable bonds is 9. The highest BCUT2D eigenvalue weighted by atomic mass is 32.2. The minimum atomic E-state index is -3.51. The molecule has 0 atom stereocenters. The summed E-state index contributed by atoms with van der Waals surface area (Å²) in [4.78, 5) is 25.1. The number of anilines is 1. The van der Waals surface area contributed by atoms with E-state index >= 15 is 0 Å². The number of carbonyl (C=O) groups is 2. The molecule has 0 aromatic heterocycles. The van der Waals surface area contributed by atoms with Crippen molar-refractivity contribution in [2.24, 2.45) is 0 Å². The summed E-state index contributed by atoms with van der Waals surface area (Å²) in [5.74, 6) is -0.492. The summed E-state index contributed by atoms with van der Waals surface area (Å²) in [7, 11) is -0.597. The van der Waals surface area contributed by atoms with Crippen molar-refractivity contribution in [2.75, 3.05) is 32.6 Å². The van der Waals surface area contributed by atoms with Crippen molar-refractivity contribution in [2.45, 2.75) is 4.90 Å². The highest BCUT2D eigenvalue weighted by Crippen LogP contribution is 2.19. The molecule has 0 aliphatic rings. The highest BCUT2D eigenvalue weighted by Gasteiger charge is 2.17. The zero-order valence-corrected chi connectivity index (χ0v) is 19.0. The van der Waals surface area contributed by atoms with Gasteiger partial charge in [0, 0.05) is 19.7 Å². The van der Waals surface area contributed by atoms with Gasteiger partial charge in [0.1, 0.15) is 19.0 Å². The van der Waals surface area contributed by atoms with Crippen molar-refractivity contribution >= 4 is 27.6 Å². The maximum atomic E-state index is 12.5. The van der Waals surface area contributed by atoms with E-state index in [4.69, 9.17) is 9.47 Å². The Bertz CT molecular complexity index is 1210. The summed E-state index contributed by atoms with van der Waals surface area (Å²) in [5.41, 5.74) is 1.04. The first-order valence-corrected chi connectivity index (χ1v) is 11.5. The molecule has 1 amide bonds. The molecule has 3 rings (SSSR count). The third kappa shape index (κ3) is 6.18. The molecule has 0 aliphatic heterocycles. The molecule has 0 heterocycles. The van der Waals surface area contributed by atoms with Crippen LogP contribution >= 0.6 is 0 Å². The lowest BCUT2D eigenvalue weighted by Crippen LogP contribution is -2.22. The van der Waals surface area contributed by atoms with Crippen molar-refractivity contribution in [1.29, 1.82) is 0 Å². The first kappa shape index (κ1) is 24.0. The number of hydrogen-bond acceptors (Lipinski definition) is 6. The SMILES string of the molecule is CN(C)S(=O)(=O)c1ccc(OCCOC(=O)c2ccccc2NC(=O)c2ccccc2)cc1. The Morgan fingerprint density at radius 3 is 2.15 bits per heavy atom. The number of nitrogens with one attached hydrogen (secondary N) is 1. The molecule has 0 bridgehead atoms. The van der Waals surface area contributed by atoms with Gasteiger partial charge in [-0.1, -0.05) is 30.3 Å². The fraction of sp³-hybridized carbons (Fsp3) is 0.167. The third-order valence-electron chi connectivity index (χ3n) is 4.62. The van der Waals surface area contributed by atoms with Crippen LogP contribution in [0.15, 0.2) is 83.8 Å². The van der Waals surface area contributed by atoms with Crippen LogP contribution in [0, 0.1) is 0 Å². The molecule has 172 valence electrons. The van der Waals surface area contributed by atoms with E-state index in [1.165, 1.54) is 38.4 Å². The number of nitrogens with zero attached hydrogens (tertiary/aromatic N) is 1. The summed E-state index contributed by atoms with van der Waals surface area (Å²) in [6.07, 6.45) is 0. The maximum absolute atomic E-state index is 12.5. The molecule has 0 aliphatic carbocycles. The summed E-state index contributed by atoms with van der Waals surface area (Å²) >= 11 is 0. The molecular weight excluding hydrogens is 444 g/mol. The number of sulfonamides is 1. The van der Waals surface area contributed by atoms with Gasteiger partial charge in [0.2, 0.25) is 10.0 Å². The molecule has 33 heavy (non-hydrogen) atoms. The number of esters is 1. The first-order valence-electron chi connectivity index (χ1n) is 10.1. The lowest BCUT2D eigenvalue weighted by molar-refractivity contribution is 0.0451. The molecule has 0 unspecified atom stereocenters. The predicted octanol–water partition coefficient (Wildman–Crippen LogP) is 3.43. The third-order valence-corrected chi connectivity index (χ3v) is 6.45. The van der Waals surface area contributed by atoms with E-state index in [1.807, 2.05) is 6.07 Å². The van der Waals surface area contributed by atoms with Gasteiger partial charge in [-0.3, -0.25) is 4.79 Å². The number of carbonyl (C=O) groups excluding carboxylic acids is 2. The van der Waals surface area contributed by atoms with Crippen LogP contribution in [0.3, 0.4) is 0 Å². The van der Waals surface area contributed by atoms with Gasteiger partial charge in [-0.2, -0.15) is 0 Å². The zero-order valence-electron chi connectivity index (χ0n) is 18.2. The molecule has 1 N–H and O–H groups in total. The van der Waals surface area contributed by atoms with Crippen molar-refractivity contribution in [3.63, 3.8) is 0 Å². The Labute approximate surface area is 192 Å². The number of benzene rings is 3. The van der Waals surface area contributed by atoms with Gasteiger partial charge in [-0.05, 0) is 48.5 Å². The molecule has 9 heteroatoms. The summed E-state index contributed by atoms with van der Waals surface area (Å²) in [6.45, 7) is 0.0433. The first-order chi connectivity index (χ1) is 15.8. The van der Waals surface area contributed by atoms with E-state index in [2.05, 4.69) is 5.32 Å². The average molecular weight is 469 g/mol. The molecule has 0 saturated heterocycles. The standard InChI is InChI=1S/C24H24N2O6S/c1-26(2)33(29,30)20-14-12-19(13-15-20)31-16-17-32-24(28)21-10-6-7-11-22(21)25-23(27)18-8-4-3-5-9-18/h3-15H,16-17H2,1-2H3,(H,25,27). The number of amides is 1. The topological polar surface area (TPSA) is 102 Å². The minimum Gasteiger partial charge on any atom is -0.490 e. The molecule has 0 radical (unpaired) electrons. The van der Waals surface area contributed by atoms with Crippen LogP contribution in [0.1, 0.15) is 20.7 Å². The van der Waals surface area contributed by atoms with Crippen molar-refractivity contribution < 1.29 is 27.5 Å². The second-order valence-corrected chi connectivity index (χ2v) is 9.26. The van der Waals surface area contributed by atoms with E-state index in [0.29, 0.717) is 17.0 Å². The van der Waals surface area contributed by atoms with Crippen LogP contribution in [0.2, 0.25) is 0 Å². The average Bonchev–Trinajstić information content (AvgIpc) is 2.82. The number of ether oxygens (including phenoxy) is 2. The van der Waals surface area contributed by atoms with E-state index in [-0.39, 0.29) is 29.6 Å². The minimum absolute atomic E-state index is 0.0302. The fourth-order valence-electron chi connectivity index (χ4n) is 2.84. The highest BCUT2D eigenvalue weighted by molar-refractivity contribution is 7.89. The Kier molecular flexibility index (Phi) is 7.81. The summed E-state index contributed by atoms with van der Waals surface area (Å²) in [6, 6.07) is 21.2. The largest absolute Gasteiger partial charge is 0.490 e. The van der Waals surface area contributed by atoms with Crippen LogP contribution in [0.4, 0.5) is 5.69 Å². The van der Waals surface area contributed by atoms with Gasteiger partial charge in [0.15, 0.2) is 0 Å². The van der Waals surface area contributed by atoms with Crippen LogP contribution < -0.4 is 10.1 Å². The smallest absolute Gasteiger partial charge is 0.340 e. The Morgan fingerprint density at radius 1 is 0.848 bits per heavy atom. The van der Waals surface area contributed by atoms with Gasteiger partial charge in [-0.25, -0.2) is 17.5 Å². The van der Waals surface area contributed by atoms with Crippen molar-refractivity contribution in [3.05, 3.63) is 90.0 Å². The molecule has 0 saturated carbocycles. The van der Waals surface area contributed by atoms with Crippen molar-refractivity contribution in [1.82, 2.24) is 4.31 Å². The van der Waals surface area contributed by atoms with Crippen LogP contribution in [0.5, 0.6) is 5.75 Å². The monoisotopic (exact) mass is 468 g/mol. The Morgan fingerprint density at radius 2 is 1.48 bits per heavy atom. The second-order valence-electron chi connectivity index (χ2n) is 7.11.